The Morgan fingerprint density at radius 3 is 2.57 bits per heavy atom. The molecule has 0 atom stereocenters. The first-order chi connectivity index (χ1) is 16.6. The number of amides is 1. The van der Waals surface area contributed by atoms with Crippen LogP contribution in [0.2, 0.25) is 5.02 Å². The third kappa shape index (κ3) is 6.93. The number of aromatic nitrogens is 2. The summed E-state index contributed by atoms with van der Waals surface area (Å²) in [5.74, 6) is -0.180. The molecule has 1 amide bonds. The van der Waals surface area contributed by atoms with Crippen molar-refractivity contribution in [2.75, 3.05) is 20.3 Å². The zero-order valence-electron chi connectivity index (χ0n) is 20.6. The minimum Gasteiger partial charge on any atom is -0.383 e. The molecule has 35 heavy (non-hydrogen) atoms. The first kappa shape index (κ1) is 26.9. The van der Waals surface area contributed by atoms with Gasteiger partial charge in [-0.15, -0.1) is 0 Å². The number of methoxy groups -OCH3 is 1. The van der Waals surface area contributed by atoms with E-state index in [1.165, 1.54) is 0 Å². The number of imidazole rings is 1. The summed E-state index contributed by atoms with van der Waals surface area (Å²) < 4.78 is 33.8. The molecular weight excluding hydrogens is 486 g/mol. The van der Waals surface area contributed by atoms with E-state index in [9.17, 15) is 13.2 Å². The third-order valence-electron chi connectivity index (χ3n) is 5.61. The molecule has 0 saturated heterocycles. The van der Waals surface area contributed by atoms with Crippen LogP contribution in [0.15, 0.2) is 59.9 Å². The average Bonchev–Trinajstić information content (AvgIpc) is 3.20. The number of nitrogens with zero attached hydrogens (tertiary/aromatic N) is 3. The van der Waals surface area contributed by atoms with Crippen molar-refractivity contribution >= 4 is 27.3 Å². The number of ether oxygens (including phenoxy) is 1. The van der Waals surface area contributed by atoms with Crippen molar-refractivity contribution < 1.29 is 17.9 Å². The summed E-state index contributed by atoms with van der Waals surface area (Å²) in [4.78, 5) is 19.2. The van der Waals surface area contributed by atoms with Gasteiger partial charge in [0.2, 0.25) is 15.0 Å². The van der Waals surface area contributed by atoms with Crippen LogP contribution in [0.25, 0.3) is 0 Å². The topological polar surface area (TPSA) is 81.5 Å². The number of carbonyl (C=O) groups excluding carboxylic acids is 1. The van der Waals surface area contributed by atoms with Crippen LogP contribution in [-0.4, -0.2) is 49.0 Å². The zero-order valence-corrected chi connectivity index (χ0v) is 22.1. The van der Waals surface area contributed by atoms with Crippen LogP contribution in [0.5, 0.6) is 0 Å². The van der Waals surface area contributed by atoms with Crippen LogP contribution in [0.4, 0.5) is 0 Å². The molecule has 2 aromatic carbocycles. The SMILES string of the molecule is COCCN(Cc1cnc(S(=O)(=O)Cc2ccccc2C)n1CC(C)C)C(=O)c1cccc(Cl)c1. The van der Waals surface area contributed by atoms with E-state index in [4.69, 9.17) is 16.3 Å². The predicted octanol–water partition coefficient (Wildman–Crippen LogP) is 4.76. The van der Waals surface area contributed by atoms with Gasteiger partial charge in [-0.3, -0.25) is 4.79 Å². The van der Waals surface area contributed by atoms with E-state index in [0.717, 1.165) is 11.1 Å². The van der Waals surface area contributed by atoms with E-state index in [1.807, 2.05) is 45.0 Å². The molecule has 1 aromatic heterocycles. The quantitative estimate of drug-likeness (QED) is 0.366. The molecule has 9 heteroatoms. The van der Waals surface area contributed by atoms with Crippen molar-refractivity contribution in [3.63, 3.8) is 0 Å². The smallest absolute Gasteiger partial charge is 0.254 e. The summed E-state index contributed by atoms with van der Waals surface area (Å²) in [6.45, 7) is 7.24. The predicted molar refractivity (Wildman–Crippen MR) is 137 cm³/mol. The number of carbonyl (C=O) groups is 1. The van der Waals surface area contributed by atoms with Crippen molar-refractivity contribution in [2.45, 2.75) is 44.8 Å². The third-order valence-corrected chi connectivity index (χ3v) is 7.42. The summed E-state index contributed by atoms with van der Waals surface area (Å²) in [7, 11) is -2.15. The van der Waals surface area contributed by atoms with E-state index in [-0.39, 0.29) is 29.3 Å². The molecule has 0 N–H and O–H groups in total. The Hall–Kier alpha value is -2.68. The molecule has 3 aromatic rings. The summed E-state index contributed by atoms with van der Waals surface area (Å²) in [6, 6.07) is 14.2. The maximum Gasteiger partial charge on any atom is 0.254 e. The standard InChI is InChI=1S/C26H32ClN3O4S/c1-19(2)16-30-24(15-28-26(30)35(32,33)18-22-9-6-5-8-20(22)3)17-29(12-13-34-4)25(31)21-10-7-11-23(27)14-21/h5-11,14-15,19H,12-13,16-18H2,1-4H3. The fourth-order valence-corrected chi connectivity index (χ4v) is 5.62. The van der Waals surface area contributed by atoms with Gasteiger partial charge in [0.1, 0.15) is 0 Å². The number of hydrogen-bond donors (Lipinski definition) is 0. The lowest BCUT2D eigenvalue weighted by Crippen LogP contribution is -2.34. The Labute approximate surface area is 212 Å². The summed E-state index contributed by atoms with van der Waals surface area (Å²) in [5.41, 5.74) is 2.76. The minimum absolute atomic E-state index is 0.0198. The second kappa shape index (κ2) is 11.8. The Kier molecular flexibility index (Phi) is 9.10. The number of halogens is 1. The number of benzene rings is 2. The van der Waals surface area contributed by atoms with E-state index in [0.29, 0.717) is 36.0 Å². The van der Waals surface area contributed by atoms with Gasteiger partial charge >= 0.3 is 0 Å². The van der Waals surface area contributed by atoms with Crippen molar-refractivity contribution in [2.24, 2.45) is 5.92 Å². The number of rotatable bonds is 11. The molecule has 188 valence electrons. The van der Waals surface area contributed by atoms with Crippen molar-refractivity contribution in [1.82, 2.24) is 14.5 Å². The minimum atomic E-state index is -3.72. The van der Waals surface area contributed by atoms with Gasteiger partial charge in [-0.2, -0.15) is 0 Å². The van der Waals surface area contributed by atoms with Crippen LogP contribution < -0.4 is 0 Å². The highest BCUT2D eigenvalue weighted by Crippen LogP contribution is 2.22. The Morgan fingerprint density at radius 2 is 1.91 bits per heavy atom. The fourth-order valence-electron chi connectivity index (χ4n) is 3.82. The Bertz CT molecular complexity index is 1270. The van der Waals surface area contributed by atoms with E-state index in [1.54, 1.807) is 47.0 Å². The van der Waals surface area contributed by atoms with E-state index in [2.05, 4.69) is 4.98 Å². The molecule has 0 bridgehead atoms. The van der Waals surface area contributed by atoms with Crippen LogP contribution in [0.3, 0.4) is 0 Å². The van der Waals surface area contributed by atoms with Crippen LogP contribution in [-0.2, 0) is 33.4 Å². The average molecular weight is 518 g/mol. The Morgan fingerprint density at radius 1 is 1.17 bits per heavy atom. The lowest BCUT2D eigenvalue weighted by molar-refractivity contribution is 0.0675. The molecule has 0 aliphatic heterocycles. The molecule has 0 radical (unpaired) electrons. The molecule has 3 rings (SSSR count). The highest BCUT2D eigenvalue weighted by atomic mass is 35.5. The van der Waals surface area contributed by atoms with E-state index >= 15 is 0 Å². The normalized spacial score (nSPS) is 11.7. The molecule has 7 nitrogen and oxygen atoms in total. The van der Waals surface area contributed by atoms with Gasteiger partial charge < -0.3 is 14.2 Å². The number of hydrogen-bond acceptors (Lipinski definition) is 5. The van der Waals surface area contributed by atoms with Crippen LogP contribution in [0, 0.1) is 12.8 Å². The molecule has 0 aliphatic rings. The molecule has 0 fully saturated rings. The zero-order chi connectivity index (χ0) is 25.6. The lowest BCUT2D eigenvalue weighted by Gasteiger charge is -2.24. The number of aryl methyl sites for hydroxylation is 1. The maximum atomic E-state index is 13.4. The summed E-state index contributed by atoms with van der Waals surface area (Å²) in [6.07, 6.45) is 1.55. The van der Waals surface area contributed by atoms with Gasteiger partial charge in [0.25, 0.3) is 5.91 Å². The molecule has 0 spiro atoms. The monoisotopic (exact) mass is 517 g/mol. The van der Waals surface area contributed by atoms with Crippen molar-refractivity contribution in [3.05, 3.63) is 82.1 Å². The first-order valence-electron chi connectivity index (χ1n) is 11.5. The second-order valence-electron chi connectivity index (χ2n) is 8.95. The van der Waals surface area contributed by atoms with Gasteiger partial charge in [0.05, 0.1) is 30.8 Å². The summed E-state index contributed by atoms with van der Waals surface area (Å²) in [5, 5.41) is 0.489. The van der Waals surface area contributed by atoms with Crippen molar-refractivity contribution in [3.8, 4) is 0 Å². The molecular formula is C26H32ClN3O4S. The van der Waals surface area contributed by atoms with Crippen molar-refractivity contribution in [1.29, 1.82) is 0 Å². The van der Waals surface area contributed by atoms with Crippen LogP contribution >= 0.6 is 11.6 Å². The van der Waals surface area contributed by atoms with Gasteiger partial charge in [0.15, 0.2) is 0 Å². The van der Waals surface area contributed by atoms with Gasteiger partial charge in [-0.05, 0) is 42.2 Å². The largest absolute Gasteiger partial charge is 0.383 e. The molecule has 0 aliphatic carbocycles. The summed E-state index contributed by atoms with van der Waals surface area (Å²) >= 11 is 6.10. The lowest BCUT2D eigenvalue weighted by atomic mass is 10.1. The highest BCUT2D eigenvalue weighted by molar-refractivity contribution is 7.90. The maximum absolute atomic E-state index is 13.4. The van der Waals surface area contributed by atoms with Gasteiger partial charge in [0, 0.05) is 30.8 Å². The fraction of sp³-hybridized carbons (Fsp3) is 0.385. The Balaban J connectivity index is 1.97. The van der Waals surface area contributed by atoms with Gasteiger partial charge in [-0.25, -0.2) is 13.4 Å². The molecule has 0 unspecified atom stereocenters. The van der Waals surface area contributed by atoms with E-state index < -0.39 is 9.84 Å². The van der Waals surface area contributed by atoms with Gasteiger partial charge in [-0.1, -0.05) is 55.8 Å². The molecule has 0 saturated carbocycles. The van der Waals surface area contributed by atoms with Crippen LogP contribution in [0.1, 0.15) is 41.0 Å². The highest BCUT2D eigenvalue weighted by Gasteiger charge is 2.27. The molecule has 1 heterocycles. The second-order valence-corrected chi connectivity index (χ2v) is 11.3. The first-order valence-corrected chi connectivity index (χ1v) is 13.5. The number of sulfone groups is 1.